The number of hydrogen-bond acceptors (Lipinski definition) is 3. The van der Waals surface area contributed by atoms with E-state index >= 15 is 0 Å². The minimum absolute atomic E-state index is 0.0247. The first-order valence-electron chi connectivity index (χ1n) is 9.04. The summed E-state index contributed by atoms with van der Waals surface area (Å²) in [6.07, 6.45) is 3.28. The Labute approximate surface area is 164 Å². The van der Waals surface area contributed by atoms with Crippen molar-refractivity contribution < 1.29 is 14.3 Å². The largest absolute Gasteiger partial charge is 0.495 e. The SMILES string of the molecule is COc1cc(Cl)c(C)cc1NC(=O)c1ccc(C(=O)N2CCCCC2)cc1. The van der Waals surface area contributed by atoms with E-state index < -0.39 is 0 Å². The van der Waals surface area contributed by atoms with Gasteiger partial charge in [-0.3, -0.25) is 9.59 Å². The molecule has 0 atom stereocenters. The molecule has 1 aliphatic rings. The lowest BCUT2D eigenvalue weighted by Gasteiger charge is -2.26. The Morgan fingerprint density at radius 1 is 1.04 bits per heavy atom. The number of methoxy groups -OCH3 is 1. The Hall–Kier alpha value is -2.53. The fraction of sp³-hybridized carbons (Fsp3) is 0.333. The molecule has 3 rings (SSSR count). The highest BCUT2D eigenvalue weighted by molar-refractivity contribution is 6.31. The van der Waals surface area contributed by atoms with E-state index in [4.69, 9.17) is 16.3 Å². The molecule has 142 valence electrons. The first kappa shape index (κ1) is 19.2. The summed E-state index contributed by atoms with van der Waals surface area (Å²) in [5.41, 5.74) is 2.47. The van der Waals surface area contributed by atoms with Gasteiger partial charge in [-0.2, -0.15) is 0 Å². The van der Waals surface area contributed by atoms with Gasteiger partial charge < -0.3 is 15.0 Å². The summed E-state index contributed by atoms with van der Waals surface area (Å²) in [7, 11) is 1.53. The van der Waals surface area contributed by atoms with E-state index in [1.165, 1.54) is 13.5 Å². The molecule has 2 amide bonds. The summed E-state index contributed by atoms with van der Waals surface area (Å²) >= 11 is 6.10. The second-order valence-electron chi connectivity index (χ2n) is 6.69. The average Bonchev–Trinajstić information content (AvgIpc) is 2.70. The van der Waals surface area contributed by atoms with E-state index in [0.29, 0.717) is 27.6 Å². The van der Waals surface area contributed by atoms with Crippen molar-refractivity contribution in [3.63, 3.8) is 0 Å². The van der Waals surface area contributed by atoms with Gasteiger partial charge in [0.2, 0.25) is 0 Å². The van der Waals surface area contributed by atoms with Crippen LogP contribution in [-0.4, -0.2) is 36.9 Å². The van der Waals surface area contributed by atoms with Crippen molar-refractivity contribution in [3.8, 4) is 5.75 Å². The minimum Gasteiger partial charge on any atom is -0.495 e. The molecule has 1 aliphatic heterocycles. The molecule has 6 heteroatoms. The molecule has 2 aromatic rings. The third kappa shape index (κ3) is 4.42. The van der Waals surface area contributed by atoms with Gasteiger partial charge in [-0.1, -0.05) is 11.6 Å². The number of anilines is 1. The molecule has 1 heterocycles. The molecule has 0 spiro atoms. The van der Waals surface area contributed by atoms with Crippen LogP contribution in [0.1, 0.15) is 45.5 Å². The Morgan fingerprint density at radius 2 is 1.67 bits per heavy atom. The number of hydrogen-bond donors (Lipinski definition) is 1. The number of halogens is 1. The molecule has 27 heavy (non-hydrogen) atoms. The van der Waals surface area contributed by atoms with Crippen molar-refractivity contribution in [2.45, 2.75) is 26.2 Å². The molecule has 0 aromatic heterocycles. The quantitative estimate of drug-likeness (QED) is 0.839. The Bertz CT molecular complexity index is 843. The number of ether oxygens (including phenoxy) is 1. The van der Waals surface area contributed by atoms with E-state index in [-0.39, 0.29) is 11.8 Å². The number of rotatable bonds is 4. The number of nitrogens with one attached hydrogen (secondary N) is 1. The summed E-state index contributed by atoms with van der Waals surface area (Å²) < 4.78 is 5.29. The van der Waals surface area contributed by atoms with Crippen LogP contribution in [0.3, 0.4) is 0 Å². The van der Waals surface area contributed by atoms with Crippen molar-refractivity contribution in [3.05, 3.63) is 58.1 Å². The van der Waals surface area contributed by atoms with Crippen molar-refractivity contribution >= 4 is 29.1 Å². The van der Waals surface area contributed by atoms with Crippen LogP contribution in [0.5, 0.6) is 5.75 Å². The van der Waals surface area contributed by atoms with Crippen LogP contribution >= 0.6 is 11.6 Å². The Kier molecular flexibility index (Phi) is 6.01. The standard InChI is InChI=1S/C21H23ClN2O3/c1-14-12-18(19(27-2)13-17(14)22)23-20(25)15-6-8-16(9-7-15)21(26)24-10-4-3-5-11-24/h6-9,12-13H,3-5,10-11H2,1-2H3,(H,23,25). The summed E-state index contributed by atoms with van der Waals surface area (Å²) in [6, 6.07) is 10.2. The lowest BCUT2D eigenvalue weighted by Crippen LogP contribution is -2.35. The highest BCUT2D eigenvalue weighted by Gasteiger charge is 2.18. The smallest absolute Gasteiger partial charge is 0.255 e. The number of carbonyl (C=O) groups excluding carboxylic acids is 2. The number of aryl methyl sites for hydroxylation is 1. The number of nitrogens with zero attached hydrogens (tertiary/aromatic N) is 1. The molecule has 0 radical (unpaired) electrons. The normalized spacial score (nSPS) is 14.0. The molecular weight excluding hydrogens is 364 g/mol. The summed E-state index contributed by atoms with van der Waals surface area (Å²) in [6.45, 7) is 3.46. The van der Waals surface area contributed by atoms with Gasteiger partial charge in [-0.25, -0.2) is 0 Å². The van der Waals surface area contributed by atoms with Gasteiger partial charge in [-0.15, -0.1) is 0 Å². The monoisotopic (exact) mass is 386 g/mol. The van der Waals surface area contributed by atoms with Crippen LogP contribution in [0.4, 0.5) is 5.69 Å². The van der Waals surface area contributed by atoms with E-state index in [1.54, 1.807) is 36.4 Å². The minimum atomic E-state index is -0.271. The van der Waals surface area contributed by atoms with Crippen molar-refractivity contribution in [1.82, 2.24) is 4.90 Å². The van der Waals surface area contributed by atoms with Gasteiger partial charge >= 0.3 is 0 Å². The van der Waals surface area contributed by atoms with Gasteiger partial charge in [0, 0.05) is 35.3 Å². The number of benzene rings is 2. The van der Waals surface area contributed by atoms with E-state index in [9.17, 15) is 9.59 Å². The lowest BCUT2D eigenvalue weighted by molar-refractivity contribution is 0.0724. The zero-order valence-electron chi connectivity index (χ0n) is 15.5. The molecular formula is C21H23ClN2O3. The van der Waals surface area contributed by atoms with Gasteiger partial charge in [0.25, 0.3) is 11.8 Å². The molecule has 1 fully saturated rings. The van der Waals surface area contributed by atoms with Crippen molar-refractivity contribution in [1.29, 1.82) is 0 Å². The summed E-state index contributed by atoms with van der Waals surface area (Å²) in [5.74, 6) is 0.250. The van der Waals surface area contributed by atoms with Crippen LogP contribution in [0.2, 0.25) is 5.02 Å². The first-order valence-corrected chi connectivity index (χ1v) is 9.42. The second kappa shape index (κ2) is 8.44. The van der Waals surface area contributed by atoms with Crippen molar-refractivity contribution in [2.75, 3.05) is 25.5 Å². The highest BCUT2D eigenvalue weighted by atomic mass is 35.5. The molecule has 1 N–H and O–H groups in total. The number of piperidine rings is 1. The first-order chi connectivity index (χ1) is 13.0. The van der Waals surface area contributed by atoms with Gasteiger partial charge in [-0.05, 0) is 62.1 Å². The van der Waals surface area contributed by atoms with Crippen LogP contribution < -0.4 is 10.1 Å². The number of carbonyl (C=O) groups is 2. The zero-order chi connectivity index (χ0) is 19.4. The van der Waals surface area contributed by atoms with E-state index in [0.717, 1.165) is 31.5 Å². The van der Waals surface area contributed by atoms with Crippen LogP contribution in [-0.2, 0) is 0 Å². The summed E-state index contributed by atoms with van der Waals surface area (Å²) in [5, 5.41) is 3.41. The summed E-state index contributed by atoms with van der Waals surface area (Å²) in [4.78, 5) is 27.0. The molecule has 1 saturated heterocycles. The maximum atomic E-state index is 12.6. The van der Waals surface area contributed by atoms with Gasteiger partial charge in [0.1, 0.15) is 5.75 Å². The molecule has 0 bridgehead atoms. The third-order valence-corrected chi connectivity index (χ3v) is 5.17. The average molecular weight is 387 g/mol. The maximum Gasteiger partial charge on any atom is 0.255 e. The topological polar surface area (TPSA) is 58.6 Å². The van der Waals surface area contributed by atoms with E-state index in [1.807, 2.05) is 11.8 Å². The Balaban J connectivity index is 1.72. The van der Waals surface area contributed by atoms with Crippen molar-refractivity contribution in [2.24, 2.45) is 0 Å². The zero-order valence-corrected chi connectivity index (χ0v) is 16.3. The number of likely N-dealkylation sites (tertiary alicyclic amines) is 1. The maximum absolute atomic E-state index is 12.6. The predicted molar refractivity (Wildman–Crippen MR) is 107 cm³/mol. The second-order valence-corrected chi connectivity index (χ2v) is 7.09. The predicted octanol–water partition coefficient (Wildman–Crippen LogP) is 4.54. The van der Waals surface area contributed by atoms with Crippen LogP contribution in [0.15, 0.2) is 36.4 Å². The lowest BCUT2D eigenvalue weighted by atomic mass is 10.1. The van der Waals surface area contributed by atoms with E-state index in [2.05, 4.69) is 5.32 Å². The van der Waals surface area contributed by atoms with Gasteiger partial charge in [0.05, 0.1) is 12.8 Å². The molecule has 0 unspecified atom stereocenters. The molecule has 0 aliphatic carbocycles. The highest BCUT2D eigenvalue weighted by Crippen LogP contribution is 2.31. The molecule has 2 aromatic carbocycles. The van der Waals surface area contributed by atoms with Crippen LogP contribution in [0.25, 0.3) is 0 Å². The van der Waals surface area contributed by atoms with Crippen LogP contribution in [0, 0.1) is 6.92 Å². The Morgan fingerprint density at radius 3 is 2.30 bits per heavy atom. The number of amides is 2. The fourth-order valence-corrected chi connectivity index (χ4v) is 3.32. The third-order valence-electron chi connectivity index (χ3n) is 4.77. The fourth-order valence-electron chi connectivity index (χ4n) is 3.17. The van der Waals surface area contributed by atoms with Gasteiger partial charge in [0.15, 0.2) is 0 Å². The molecule has 5 nitrogen and oxygen atoms in total. The molecule has 0 saturated carbocycles.